The molecule has 0 fully saturated rings. The lowest BCUT2D eigenvalue weighted by molar-refractivity contribution is -0.120. The highest BCUT2D eigenvalue weighted by Gasteiger charge is 2.18. The van der Waals surface area contributed by atoms with Crippen molar-refractivity contribution in [1.29, 1.82) is 5.26 Å². The van der Waals surface area contributed by atoms with Gasteiger partial charge in [0.15, 0.2) is 18.1 Å². The lowest BCUT2D eigenvalue weighted by atomic mass is 10.1. The molecule has 0 aromatic heterocycles. The Balaban J connectivity index is 2.16. The fraction of sp³-hybridized carbons (Fsp3) is 0.304. The predicted octanol–water partition coefficient (Wildman–Crippen LogP) is 4.37. The molecule has 146 valence electrons. The number of nitriles is 1. The smallest absolute Gasteiger partial charge is 0.264 e. The first-order valence-corrected chi connectivity index (χ1v) is 9.15. The van der Waals surface area contributed by atoms with Gasteiger partial charge >= 0.3 is 0 Å². The molecule has 5 nitrogen and oxygen atoms in total. The van der Waals surface area contributed by atoms with E-state index in [1.807, 2.05) is 50.3 Å². The fourth-order valence-corrected chi connectivity index (χ4v) is 2.80. The van der Waals surface area contributed by atoms with Gasteiger partial charge in [0, 0.05) is 12.2 Å². The monoisotopic (exact) mass is 378 g/mol. The second kappa shape index (κ2) is 10.2. The molecule has 0 atom stereocenters. The normalized spacial score (nSPS) is 10.1. The van der Waals surface area contributed by atoms with Crippen molar-refractivity contribution in [3.05, 3.63) is 65.7 Å². The molecule has 0 aliphatic rings. The molecule has 0 heterocycles. The van der Waals surface area contributed by atoms with E-state index < -0.39 is 0 Å². The van der Waals surface area contributed by atoms with E-state index >= 15 is 0 Å². The summed E-state index contributed by atoms with van der Waals surface area (Å²) in [5.41, 5.74) is 4.06. The van der Waals surface area contributed by atoms with Crippen LogP contribution in [-0.4, -0.2) is 26.2 Å². The molecule has 0 spiro atoms. The summed E-state index contributed by atoms with van der Waals surface area (Å²) in [5, 5.41) is 8.95. The summed E-state index contributed by atoms with van der Waals surface area (Å²) in [6.07, 6.45) is 2.79. The lowest BCUT2D eigenvalue weighted by Gasteiger charge is -2.23. The maximum absolute atomic E-state index is 12.8. The van der Waals surface area contributed by atoms with Crippen LogP contribution in [0.3, 0.4) is 0 Å². The molecule has 5 heteroatoms. The number of anilines is 1. The first-order chi connectivity index (χ1) is 13.5. The van der Waals surface area contributed by atoms with E-state index in [1.165, 1.54) is 0 Å². The zero-order chi connectivity index (χ0) is 20.5. The first kappa shape index (κ1) is 21.0. The Morgan fingerprint density at radius 2 is 1.96 bits per heavy atom. The highest BCUT2D eigenvalue weighted by Crippen LogP contribution is 2.28. The molecule has 2 aromatic carbocycles. The van der Waals surface area contributed by atoms with Crippen LogP contribution in [-0.2, 0) is 11.2 Å². The number of ether oxygens (including phenoxy) is 2. The van der Waals surface area contributed by atoms with Gasteiger partial charge in [0.1, 0.15) is 0 Å². The molecule has 0 N–H and O–H groups in total. The van der Waals surface area contributed by atoms with Gasteiger partial charge in [0.25, 0.3) is 5.91 Å². The van der Waals surface area contributed by atoms with E-state index in [1.54, 1.807) is 18.1 Å². The Bertz CT molecular complexity index is 884. The number of aryl methyl sites for hydroxylation is 2. The number of rotatable bonds is 9. The van der Waals surface area contributed by atoms with E-state index in [0.717, 1.165) is 28.8 Å². The van der Waals surface area contributed by atoms with Gasteiger partial charge in [0.2, 0.25) is 0 Å². The second-order valence-corrected chi connectivity index (χ2v) is 6.49. The Labute approximate surface area is 166 Å². The maximum Gasteiger partial charge on any atom is 0.264 e. The van der Waals surface area contributed by atoms with Crippen molar-refractivity contribution in [3.8, 4) is 17.6 Å². The quantitative estimate of drug-likeness (QED) is 0.608. The lowest BCUT2D eigenvalue weighted by Crippen LogP contribution is -2.35. The van der Waals surface area contributed by atoms with Crippen LogP contribution in [0.25, 0.3) is 0 Å². The molecule has 1 amide bonds. The molecular weight excluding hydrogens is 352 g/mol. The van der Waals surface area contributed by atoms with Crippen LogP contribution in [0.5, 0.6) is 11.5 Å². The fourth-order valence-electron chi connectivity index (χ4n) is 2.80. The van der Waals surface area contributed by atoms with Crippen molar-refractivity contribution in [3.63, 3.8) is 0 Å². The largest absolute Gasteiger partial charge is 0.493 e. The Morgan fingerprint density at radius 1 is 1.18 bits per heavy atom. The van der Waals surface area contributed by atoms with Crippen LogP contribution in [0, 0.1) is 25.2 Å². The second-order valence-electron chi connectivity index (χ2n) is 6.49. The zero-order valence-electron chi connectivity index (χ0n) is 16.7. The standard InChI is InChI=1S/C23H26N2O3/c1-5-7-19-9-11-21(22(15-19)27-4)28-16-23(26)25(13-6-12-24)20-10-8-17(2)18(3)14-20/h5,8-11,14-15H,1,6-7,13,16H2,2-4H3. The minimum absolute atomic E-state index is 0.143. The molecule has 0 aliphatic heterocycles. The number of carbonyl (C=O) groups excluding carboxylic acids is 1. The summed E-state index contributed by atoms with van der Waals surface area (Å²) in [7, 11) is 1.57. The van der Waals surface area contributed by atoms with E-state index in [-0.39, 0.29) is 18.9 Å². The summed E-state index contributed by atoms with van der Waals surface area (Å²) >= 11 is 0. The van der Waals surface area contributed by atoms with Gasteiger partial charge in [-0.25, -0.2) is 0 Å². The van der Waals surface area contributed by atoms with Crippen molar-refractivity contribution >= 4 is 11.6 Å². The Morgan fingerprint density at radius 3 is 2.61 bits per heavy atom. The minimum Gasteiger partial charge on any atom is -0.493 e. The van der Waals surface area contributed by atoms with Crippen molar-refractivity contribution in [1.82, 2.24) is 0 Å². The SMILES string of the molecule is C=CCc1ccc(OCC(=O)N(CCC#N)c2ccc(C)c(C)c2)c(OC)c1. The van der Waals surface area contributed by atoms with Crippen LogP contribution in [0.15, 0.2) is 49.1 Å². The molecule has 0 aliphatic carbocycles. The minimum atomic E-state index is -0.212. The molecule has 0 unspecified atom stereocenters. The molecule has 2 aromatic rings. The first-order valence-electron chi connectivity index (χ1n) is 9.15. The number of carbonyl (C=O) groups is 1. The number of amides is 1. The molecule has 0 saturated heterocycles. The summed E-state index contributed by atoms with van der Waals surface area (Å²) in [6.45, 7) is 7.92. The van der Waals surface area contributed by atoms with Gasteiger partial charge in [-0.2, -0.15) is 5.26 Å². The molecule has 0 saturated carbocycles. The van der Waals surface area contributed by atoms with Gasteiger partial charge < -0.3 is 14.4 Å². The number of hydrogen-bond donors (Lipinski definition) is 0. The molecular formula is C23H26N2O3. The highest BCUT2D eigenvalue weighted by atomic mass is 16.5. The third-order valence-corrected chi connectivity index (χ3v) is 4.51. The van der Waals surface area contributed by atoms with Gasteiger partial charge in [-0.3, -0.25) is 4.79 Å². The number of allylic oxidation sites excluding steroid dienone is 1. The summed E-state index contributed by atoms with van der Waals surface area (Å²) in [4.78, 5) is 14.4. The molecule has 0 radical (unpaired) electrons. The van der Waals surface area contributed by atoms with Crippen LogP contribution in [0.2, 0.25) is 0 Å². The average molecular weight is 378 g/mol. The average Bonchev–Trinajstić information content (AvgIpc) is 2.69. The van der Waals surface area contributed by atoms with Crippen molar-refractivity contribution in [2.75, 3.05) is 25.2 Å². The van der Waals surface area contributed by atoms with E-state index in [2.05, 4.69) is 12.6 Å². The molecule has 0 bridgehead atoms. The Hall–Kier alpha value is -3.26. The van der Waals surface area contributed by atoms with Crippen LogP contribution in [0.4, 0.5) is 5.69 Å². The predicted molar refractivity (Wildman–Crippen MR) is 111 cm³/mol. The van der Waals surface area contributed by atoms with Gasteiger partial charge in [-0.15, -0.1) is 6.58 Å². The summed E-state index contributed by atoms with van der Waals surface area (Å²) in [6, 6.07) is 13.5. The van der Waals surface area contributed by atoms with Crippen molar-refractivity contribution < 1.29 is 14.3 Å². The number of benzene rings is 2. The summed E-state index contributed by atoms with van der Waals surface area (Å²) < 4.78 is 11.1. The third kappa shape index (κ3) is 5.37. The topological polar surface area (TPSA) is 62.6 Å². The van der Waals surface area contributed by atoms with Crippen molar-refractivity contribution in [2.45, 2.75) is 26.7 Å². The number of hydrogen-bond acceptors (Lipinski definition) is 4. The van der Waals surface area contributed by atoms with Gasteiger partial charge in [0.05, 0.1) is 19.6 Å². The Kier molecular flexibility index (Phi) is 7.65. The van der Waals surface area contributed by atoms with Crippen LogP contribution in [0.1, 0.15) is 23.1 Å². The van der Waals surface area contributed by atoms with Gasteiger partial charge in [-0.1, -0.05) is 18.2 Å². The maximum atomic E-state index is 12.8. The van der Waals surface area contributed by atoms with E-state index in [9.17, 15) is 4.79 Å². The van der Waals surface area contributed by atoms with E-state index in [4.69, 9.17) is 14.7 Å². The van der Waals surface area contributed by atoms with Crippen LogP contribution >= 0.6 is 0 Å². The number of methoxy groups -OCH3 is 1. The summed E-state index contributed by atoms with van der Waals surface area (Å²) in [5.74, 6) is 0.863. The zero-order valence-corrected chi connectivity index (χ0v) is 16.7. The van der Waals surface area contributed by atoms with Gasteiger partial charge in [-0.05, 0) is 61.2 Å². The number of nitrogens with zero attached hydrogens (tertiary/aromatic N) is 2. The third-order valence-electron chi connectivity index (χ3n) is 4.51. The molecule has 2 rings (SSSR count). The highest BCUT2D eigenvalue weighted by molar-refractivity contribution is 5.94. The van der Waals surface area contributed by atoms with Crippen molar-refractivity contribution in [2.24, 2.45) is 0 Å². The molecule has 28 heavy (non-hydrogen) atoms. The van der Waals surface area contributed by atoms with E-state index in [0.29, 0.717) is 18.0 Å². The van der Waals surface area contributed by atoms with Crippen LogP contribution < -0.4 is 14.4 Å².